The maximum atomic E-state index is 6.23. The Bertz CT molecular complexity index is 3620. The summed E-state index contributed by atoms with van der Waals surface area (Å²) < 4.78 is 6.23. The zero-order valence-corrected chi connectivity index (χ0v) is 35.0. The van der Waals surface area contributed by atoms with E-state index in [-0.39, 0.29) is 0 Å². The first-order chi connectivity index (χ1) is 31.7. The smallest absolute Gasteiger partial charge is 0.135 e. The van der Waals surface area contributed by atoms with Crippen molar-refractivity contribution in [1.82, 2.24) is 0 Å². The van der Waals surface area contributed by atoms with Gasteiger partial charge in [-0.2, -0.15) is 0 Å². The van der Waals surface area contributed by atoms with Crippen molar-refractivity contribution in [3.63, 3.8) is 0 Å². The molecule has 0 aliphatic carbocycles. The number of fused-ring (bicyclic) bond motifs is 5. The Kier molecular flexibility index (Phi) is 9.20. The summed E-state index contributed by atoms with van der Waals surface area (Å²) in [6.45, 7) is 0. The molecule has 0 aliphatic rings. The molecular weight excluding hydrogens is 775 g/mol. The Morgan fingerprint density at radius 3 is 1.50 bits per heavy atom. The Morgan fingerprint density at radius 1 is 0.250 bits per heavy atom. The summed E-state index contributed by atoms with van der Waals surface area (Å²) in [6.07, 6.45) is 0. The van der Waals surface area contributed by atoms with Crippen molar-refractivity contribution in [2.75, 3.05) is 4.90 Å². The van der Waals surface area contributed by atoms with Crippen LogP contribution < -0.4 is 4.90 Å². The van der Waals surface area contributed by atoms with Crippen molar-refractivity contribution >= 4 is 60.3 Å². The van der Waals surface area contributed by atoms with Crippen molar-refractivity contribution < 1.29 is 4.42 Å². The van der Waals surface area contributed by atoms with Gasteiger partial charge < -0.3 is 9.32 Å². The van der Waals surface area contributed by atoms with Crippen LogP contribution in [-0.4, -0.2) is 0 Å². The van der Waals surface area contributed by atoms with Crippen molar-refractivity contribution in [3.8, 4) is 55.8 Å². The summed E-state index contributed by atoms with van der Waals surface area (Å²) in [5, 5.41) is 8.52. The highest BCUT2D eigenvalue weighted by Crippen LogP contribution is 2.41. The lowest BCUT2D eigenvalue weighted by atomic mass is 9.93. The van der Waals surface area contributed by atoms with Gasteiger partial charge in [0.05, 0.1) is 0 Å². The largest absolute Gasteiger partial charge is 0.456 e. The quantitative estimate of drug-likeness (QED) is 0.142. The topological polar surface area (TPSA) is 16.4 Å². The van der Waals surface area contributed by atoms with Crippen LogP contribution in [0.2, 0.25) is 0 Å². The molecule has 0 atom stereocenters. The summed E-state index contributed by atoms with van der Waals surface area (Å²) >= 11 is 0. The zero-order chi connectivity index (χ0) is 42.4. The maximum Gasteiger partial charge on any atom is 0.135 e. The Morgan fingerprint density at radius 2 is 0.750 bits per heavy atom. The highest BCUT2D eigenvalue weighted by atomic mass is 16.3. The third-order valence-corrected chi connectivity index (χ3v) is 12.6. The molecule has 11 aromatic carbocycles. The van der Waals surface area contributed by atoms with Crippen LogP contribution in [0.25, 0.3) is 99.1 Å². The van der Waals surface area contributed by atoms with Gasteiger partial charge in [-0.15, -0.1) is 0 Å². The number of anilines is 3. The van der Waals surface area contributed by atoms with E-state index in [9.17, 15) is 0 Å². The summed E-state index contributed by atoms with van der Waals surface area (Å²) in [5.41, 5.74) is 14.8. The third kappa shape index (κ3) is 6.88. The SMILES string of the molecule is c1ccc(-c2cccc(-c3ccc(N(c4ccc(-c5cc6ccccc6c6ccccc56)cc4)c4ccc5cc(-c6cccc(-c7cc8ccccc8o7)c6)ccc5c4)cc3)c2)cc1. The van der Waals surface area contributed by atoms with Crippen LogP contribution in [0.1, 0.15) is 0 Å². The second-order valence-corrected chi connectivity index (χ2v) is 16.5. The third-order valence-electron chi connectivity index (χ3n) is 12.6. The van der Waals surface area contributed by atoms with Crippen LogP contribution in [-0.2, 0) is 0 Å². The van der Waals surface area contributed by atoms with Crippen LogP contribution in [0, 0.1) is 0 Å². The molecule has 300 valence electrons. The lowest BCUT2D eigenvalue weighted by Crippen LogP contribution is -2.09. The molecule has 0 bridgehead atoms. The minimum Gasteiger partial charge on any atom is -0.456 e. The lowest BCUT2D eigenvalue weighted by molar-refractivity contribution is 0.631. The summed E-state index contributed by atoms with van der Waals surface area (Å²) in [7, 11) is 0. The van der Waals surface area contributed by atoms with Gasteiger partial charge in [-0.25, -0.2) is 0 Å². The minimum atomic E-state index is 0.876. The van der Waals surface area contributed by atoms with Crippen LogP contribution >= 0.6 is 0 Å². The van der Waals surface area contributed by atoms with Gasteiger partial charge in [0, 0.05) is 28.0 Å². The van der Waals surface area contributed by atoms with Gasteiger partial charge in [-0.05, 0) is 150 Å². The van der Waals surface area contributed by atoms with E-state index < -0.39 is 0 Å². The predicted molar refractivity (Wildman–Crippen MR) is 271 cm³/mol. The van der Waals surface area contributed by atoms with E-state index in [4.69, 9.17) is 4.42 Å². The molecule has 0 aliphatic heterocycles. The van der Waals surface area contributed by atoms with Gasteiger partial charge >= 0.3 is 0 Å². The van der Waals surface area contributed by atoms with E-state index in [0.29, 0.717) is 0 Å². The van der Waals surface area contributed by atoms with Crippen molar-refractivity contribution in [3.05, 3.63) is 249 Å². The molecular formula is C62H41NO. The van der Waals surface area contributed by atoms with Gasteiger partial charge in [0.1, 0.15) is 11.3 Å². The van der Waals surface area contributed by atoms with Crippen LogP contribution in [0.5, 0.6) is 0 Å². The number of hydrogen-bond acceptors (Lipinski definition) is 2. The average Bonchev–Trinajstić information content (AvgIpc) is 3.82. The second kappa shape index (κ2) is 15.8. The molecule has 0 radical (unpaired) electrons. The first kappa shape index (κ1) is 37.3. The second-order valence-electron chi connectivity index (χ2n) is 16.5. The molecule has 0 saturated heterocycles. The van der Waals surface area contributed by atoms with Gasteiger partial charge in [-0.3, -0.25) is 0 Å². The molecule has 0 spiro atoms. The first-order valence-corrected chi connectivity index (χ1v) is 21.9. The maximum absolute atomic E-state index is 6.23. The molecule has 0 amide bonds. The molecule has 0 saturated carbocycles. The lowest BCUT2D eigenvalue weighted by Gasteiger charge is -2.26. The standard InChI is InChI=1S/C62H41NO/c1-2-12-42(13-3-1)45-16-10-17-46(36-45)43-26-31-54(32-27-43)63(55-33-28-44(29-34-55)60-40-51-14-4-6-20-57(51)58-21-7-8-22-59(58)60)56-35-30-49-37-48(24-25-50(49)39-56)47-18-11-19-52(38-47)62-41-53-15-5-9-23-61(53)64-62/h1-41H. The molecule has 64 heavy (non-hydrogen) atoms. The first-order valence-electron chi connectivity index (χ1n) is 21.9. The Balaban J connectivity index is 0.921. The fraction of sp³-hybridized carbons (Fsp3) is 0. The summed E-state index contributed by atoms with van der Waals surface area (Å²) in [6, 6.07) is 89.7. The number of benzene rings is 11. The summed E-state index contributed by atoms with van der Waals surface area (Å²) in [4.78, 5) is 2.37. The molecule has 1 heterocycles. The minimum absolute atomic E-state index is 0.876. The average molecular weight is 816 g/mol. The van der Waals surface area contributed by atoms with Gasteiger partial charge in [0.2, 0.25) is 0 Å². The molecule has 2 nitrogen and oxygen atoms in total. The zero-order valence-electron chi connectivity index (χ0n) is 35.0. The fourth-order valence-electron chi connectivity index (χ4n) is 9.37. The molecule has 0 unspecified atom stereocenters. The Hall–Kier alpha value is -8.46. The number of para-hydroxylation sites is 1. The van der Waals surface area contributed by atoms with Gasteiger partial charge in [-0.1, -0.05) is 176 Å². The molecule has 0 fully saturated rings. The Labute approximate surface area is 372 Å². The number of nitrogens with zero attached hydrogens (tertiary/aromatic N) is 1. The van der Waals surface area contributed by atoms with Crippen molar-refractivity contribution in [1.29, 1.82) is 0 Å². The molecule has 12 rings (SSSR count). The monoisotopic (exact) mass is 815 g/mol. The number of hydrogen-bond donors (Lipinski definition) is 0. The molecule has 2 heteroatoms. The van der Waals surface area contributed by atoms with Crippen LogP contribution in [0.4, 0.5) is 17.1 Å². The van der Waals surface area contributed by atoms with E-state index in [2.05, 4.69) is 235 Å². The van der Waals surface area contributed by atoms with E-state index in [0.717, 1.165) is 44.9 Å². The highest BCUT2D eigenvalue weighted by molar-refractivity contribution is 6.13. The molecule has 1 aromatic heterocycles. The van der Waals surface area contributed by atoms with E-state index in [1.54, 1.807) is 0 Å². The van der Waals surface area contributed by atoms with E-state index in [1.807, 2.05) is 18.2 Å². The van der Waals surface area contributed by atoms with Crippen molar-refractivity contribution in [2.45, 2.75) is 0 Å². The molecule has 0 N–H and O–H groups in total. The predicted octanol–water partition coefficient (Wildman–Crippen LogP) is 17.7. The van der Waals surface area contributed by atoms with Crippen LogP contribution in [0.15, 0.2) is 253 Å². The highest BCUT2D eigenvalue weighted by Gasteiger charge is 2.16. The molecule has 12 aromatic rings. The van der Waals surface area contributed by atoms with E-state index in [1.165, 1.54) is 71.3 Å². The van der Waals surface area contributed by atoms with E-state index >= 15 is 0 Å². The summed E-state index contributed by atoms with van der Waals surface area (Å²) in [5.74, 6) is 0.876. The fourth-order valence-corrected chi connectivity index (χ4v) is 9.37. The van der Waals surface area contributed by atoms with Gasteiger partial charge in [0.25, 0.3) is 0 Å². The number of furan rings is 1. The van der Waals surface area contributed by atoms with Crippen LogP contribution in [0.3, 0.4) is 0 Å². The normalized spacial score (nSPS) is 11.4. The number of rotatable bonds is 8. The van der Waals surface area contributed by atoms with Crippen molar-refractivity contribution in [2.24, 2.45) is 0 Å². The van der Waals surface area contributed by atoms with Gasteiger partial charge in [0.15, 0.2) is 0 Å².